The van der Waals surface area contributed by atoms with Gasteiger partial charge in [-0.05, 0) is 42.0 Å². The summed E-state index contributed by atoms with van der Waals surface area (Å²) in [6.07, 6.45) is -0.287. The van der Waals surface area contributed by atoms with Crippen LogP contribution in [0, 0.1) is 5.82 Å². The van der Waals surface area contributed by atoms with Crippen molar-refractivity contribution in [3.05, 3.63) is 58.9 Å². The summed E-state index contributed by atoms with van der Waals surface area (Å²) in [6.45, 7) is -0.499. The van der Waals surface area contributed by atoms with Crippen LogP contribution >= 0.6 is 0 Å². The largest absolute Gasteiger partial charge is 0.487 e. The van der Waals surface area contributed by atoms with Crippen LogP contribution < -0.4 is 19.1 Å². The molecule has 0 bridgehead atoms. The third kappa shape index (κ3) is 4.26. The molecule has 2 aromatic carbocycles. The SMILES string of the molecule is O=C(O)N[C@@H]1CCc2cc(OCc3ccccc3)c(N3CC(=O)NS3(=O)=O)c(F)c2C1. The molecule has 9 nitrogen and oxygen atoms in total. The van der Waals surface area contributed by atoms with Gasteiger partial charge in [0.25, 0.3) is 5.91 Å². The molecule has 2 aromatic rings. The second-order valence-corrected chi connectivity index (χ2v) is 8.97. The normalized spacial score (nSPS) is 19.5. The average molecular weight is 449 g/mol. The molecule has 3 N–H and O–H groups in total. The van der Waals surface area contributed by atoms with Crippen molar-refractivity contribution < 1.29 is 32.2 Å². The Morgan fingerprint density at radius 1 is 1.32 bits per heavy atom. The number of carboxylic acid groups (broad SMARTS) is 1. The van der Waals surface area contributed by atoms with E-state index < -0.39 is 40.6 Å². The molecule has 0 saturated carbocycles. The van der Waals surface area contributed by atoms with E-state index in [4.69, 9.17) is 9.84 Å². The lowest BCUT2D eigenvalue weighted by Crippen LogP contribution is -2.38. The highest BCUT2D eigenvalue weighted by atomic mass is 32.2. The highest BCUT2D eigenvalue weighted by molar-refractivity contribution is 7.92. The molecule has 1 aliphatic heterocycles. The smallest absolute Gasteiger partial charge is 0.404 e. The summed E-state index contributed by atoms with van der Waals surface area (Å²) in [5.41, 5.74) is 1.27. The minimum Gasteiger partial charge on any atom is -0.487 e. The molecule has 1 heterocycles. The number of hydrogen-bond acceptors (Lipinski definition) is 5. The van der Waals surface area contributed by atoms with E-state index in [1.54, 1.807) is 6.07 Å². The molecule has 0 aromatic heterocycles. The lowest BCUT2D eigenvalue weighted by molar-refractivity contribution is -0.117. The summed E-state index contributed by atoms with van der Waals surface area (Å²) in [5, 5.41) is 11.3. The molecule has 4 rings (SSSR count). The number of anilines is 1. The summed E-state index contributed by atoms with van der Waals surface area (Å²) in [4.78, 5) is 22.7. The van der Waals surface area contributed by atoms with Crippen molar-refractivity contribution >= 4 is 27.9 Å². The number of carbonyl (C=O) groups excluding carboxylic acids is 1. The third-order valence-electron chi connectivity index (χ3n) is 5.25. The lowest BCUT2D eigenvalue weighted by Gasteiger charge is -2.28. The van der Waals surface area contributed by atoms with E-state index in [0.717, 1.165) is 5.56 Å². The van der Waals surface area contributed by atoms with E-state index in [1.165, 1.54) is 0 Å². The number of ether oxygens (including phenoxy) is 1. The first-order valence-electron chi connectivity index (χ1n) is 9.58. The Balaban J connectivity index is 1.76. The molecule has 1 aliphatic carbocycles. The number of carbonyl (C=O) groups is 2. The van der Waals surface area contributed by atoms with Gasteiger partial charge >= 0.3 is 16.3 Å². The fourth-order valence-corrected chi connectivity index (χ4v) is 5.01. The predicted molar refractivity (Wildman–Crippen MR) is 109 cm³/mol. The molecule has 11 heteroatoms. The van der Waals surface area contributed by atoms with E-state index in [9.17, 15) is 18.0 Å². The summed E-state index contributed by atoms with van der Waals surface area (Å²) >= 11 is 0. The first-order valence-corrected chi connectivity index (χ1v) is 11.0. The summed E-state index contributed by atoms with van der Waals surface area (Å²) in [5.74, 6) is -1.61. The van der Waals surface area contributed by atoms with Crippen molar-refractivity contribution in [1.29, 1.82) is 0 Å². The Hall–Kier alpha value is -3.34. The Morgan fingerprint density at radius 2 is 2.06 bits per heavy atom. The maximum Gasteiger partial charge on any atom is 0.404 e. The van der Waals surface area contributed by atoms with Crippen LogP contribution in [0.4, 0.5) is 14.9 Å². The van der Waals surface area contributed by atoms with Gasteiger partial charge in [0.05, 0.1) is 0 Å². The number of halogens is 1. The van der Waals surface area contributed by atoms with Crippen molar-refractivity contribution in [2.24, 2.45) is 0 Å². The minimum atomic E-state index is -4.27. The Labute approximate surface area is 178 Å². The van der Waals surface area contributed by atoms with Gasteiger partial charge in [0.1, 0.15) is 24.6 Å². The van der Waals surface area contributed by atoms with Crippen molar-refractivity contribution in [3.8, 4) is 5.75 Å². The number of aryl methyl sites for hydroxylation is 1. The summed E-state index contributed by atoms with van der Waals surface area (Å²) in [6, 6.07) is 10.2. The molecule has 1 atom stereocenters. The standard InChI is InChI=1S/C20H20FN3O6S/c21-18-15-9-14(22-20(26)27)7-6-13(15)8-16(30-11-12-4-2-1-3-5-12)19(18)24-10-17(25)23-31(24,28)29/h1-5,8,14,22H,6-7,9-11H2,(H,23,25)(H,26,27)/t14-/m1/s1. The van der Waals surface area contributed by atoms with Crippen LogP contribution in [0.15, 0.2) is 36.4 Å². The molecule has 2 amide bonds. The van der Waals surface area contributed by atoms with Crippen LogP contribution in [-0.2, 0) is 34.5 Å². The Morgan fingerprint density at radius 3 is 2.71 bits per heavy atom. The van der Waals surface area contributed by atoms with Gasteiger partial charge in [-0.25, -0.2) is 18.2 Å². The van der Waals surface area contributed by atoms with Crippen LogP contribution in [0.5, 0.6) is 5.75 Å². The lowest BCUT2D eigenvalue weighted by atomic mass is 9.87. The van der Waals surface area contributed by atoms with Crippen molar-refractivity contribution in [2.45, 2.75) is 31.9 Å². The van der Waals surface area contributed by atoms with Gasteiger partial charge in [0, 0.05) is 6.04 Å². The topological polar surface area (TPSA) is 125 Å². The van der Waals surface area contributed by atoms with Crippen LogP contribution in [-0.4, -0.2) is 38.1 Å². The van der Waals surface area contributed by atoms with E-state index >= 15 is 4.39 Å². The van der Waals surface area contributed by atoms with Crippen molar-refractivity contribution in [1.82, 2.24) is 10.0 Å². The molecule has 1 saturated heterocycles. The Bertz CT molecular complexity index is 1140. The molecule has 1 fully saturated rings. The van der Waals surface area contributed by atoms with E-state index in [0.29, 0.717) is 22.7 Å². The quantitative estimate of drug-likeness (QED) is 0.638. The second-order valence-electron chi connectivity index (χ2n) is 7.38. The van der Waals surface area contributed by atoms with Gasteiger partial charge in [0.15, 0.2) is 5.82 Å². The second kappa shape index (κ2) is 8.06. The van der Waals surface area contributed by atoms with Gasteiger partial charge in [-0.3, -0.25) is 4.79 Å². The number of nitrogens with one attached hydrogen (secondary N) is 2. The zero-order valence-corrected chi connectivity index (χ0v) is 17.1. The molecule has 2 aliphatic rings. The molecule has 0 radical (unpaired) electrons. The third-order valence-corrected chi connectivity index (χ3v) is 6.62. The maximum absolute atomic E-state index is 15.7. The minimum absolute atomic E-state index is 0.00446. The number of hydrogen-bond donors (Lipinski definition) is 3. The molecule has 0 spiro atoms. The van der Waals surface area contributed by atoms with Crippen LogP contribution in [0.25, 0.3) is 0 Å². The van der Waals surface area contributed by atoms with Crippen LogP contribution in [0.2, 0.25) is 0 Å². The van der Waals surface area contributed by atoms with Crippen LogP contribution in [0.3, 0.4) is 0 Å². The Kier molecular flexibility index (Phi) is 5.44. The van der Waals surface area contributed by atoms with Gasteiger partial charge in [-0.2, -0.15) is 8.42 Å². The first-order chi connectivity index (χ1) is 14.7. The highest BCUT2D eigenvalue weighted by Crippen LogP contribution is 2.40. The fourth-order valence-electron chi connectivity index (χ4n) is 3.85. The fraction of sp³-hybridized carbons (Fsp3) is 0.300. The van der Waals surface area contributed by atoms with Gasteiger partial charge < -0.3 is 15.2 Å². The zero-order valence-electron chi connectivity index (χ0n) is 16.3. The number of nitrogens with zero attached hydrogens (tertiary/aromatic N) is 1. The summed E-state index contributed by atoms with van der Waals surface area (Å²) in [7, 11) is -4.27. The zero-order chi connectivity index (χ0) is 22.2. The summed E-state index contributed by atoms with van der Waals surface area (Å²) < 4.78 is 48.8. The molecule has 164 valence electrons. The molecule has 0 unspecified atom stereocenters. The number of benzene rings is 2. The van der Waals surface area contributed by atoms with Crippen molar-refractivity contribution in [2.75, 3.05) is 10.8 Å². The molecular weight excluding hydrogens is 429 g/mol. The number of amides is 2. The highest BCUT2D eigenvalue weighted by Gasteiger charge is 2.39. The van der Waals surface area contributed by atoms with E-state index in [2.05, 4.69) is 5.32 Å². The monoisotopic (exact) mass is 449 g/mol. The first kappa shape index (κ1) is 20.9. The van der Waals surface area contributed by atoms with Gasteiger partial charge in [-0.1, -0.05) is 30.3 Å². The number of rotatable bonds is 5. The van der Waals surface area contributed by atoms with Crippen molar-refractivity contribution in [3.63, 3.8) is 0 Å². The molecule has 31 heavy (non-hydrogen) atoms. The van der Waals surface area contributed by atoms with Gasteiger partial charge in [-0.15, -0.1) is 0 Å². The maximum atomic E-state index is 15.7. The van der Waals surface area contributed by atoms with E-state index in [1.807, 2.05) is 35.1 Å². The molecular formula is C20H20FN3O6S. The number of fused-ring (bicyclic) bond motifs is 1. The van der Waals surface area contributed by atoms with E-state index in [-0.39, 0.29) is 30.0 Å². The van der Waals surface area contributed by atoms with Gasteiger partial charge in [0.2, 0.25) is 0 Å². The average Bonchev–Trinajstić information content (AvgIpc) is 2.99. The van der Waals surface area contributed by atoms with Crippen LogP contribution in [0.1, 0.15) is 23.1 Å². The predicted octanol–water partition coefficient (Wildman–Crippen LogP) is 1.71.